The molecule has 0 saturated heterocycles. The van der Waals surface area contributed by atoms with Gasteiger partial charge < -0.3 is 19.9 Å². The molecular formula is C18H17NO5. The third kappa shape index (κ3) is 3.17. The van der Waals surface area contributed by atoms with Crippen LogP contribution in [0.5, 0.6) is 11.5 Å². The van der Waals surface area contributed by atoms with Gasteiger partial charge in [-0.05, 0) is 48.7 Å². The number of ether oxygens (including phenoxy) is 2. The summed E-state index contributed by atoms with van der Waals surface area (Å²) in [6.07, 6.45) is 0.159. The van der Waals surface area contributed by atoms with Crippen molar-refractivity contribution >= 4 is 17.6 Å². The molecule has 0 aliphatic carbocycles. The Kier molecular flexibility index (Phi) is 4.12. The van der Waals surface area contributed by atoms with Gasteiger partial charge in [-0.15, -0.1) is 0 Å². The van der Waals surface area contributed by atoms with E-state index in [9.17, 15) is 14.7 Å². The van der Waals surface area contributed by atoms with E-state index in [2.05, 4.69) is 5.32 Å². The van der Waals surface area contributed by atoms with Crippen LogP contribution in [0.15, 0.2) is 30.3 Å². The standard InChI is InChI=1S/C18H17NO5/c1-10-5-11(2)14(8-13(10)18(21)22)19-17(20)7-12-3-4-15-16(6-12)24-9-23-15/h3-6,8H,7,9H2,1-2H3,(H,19,20)(H,21,22). The van der Waals surface area contributed by atoms with Gasteiger partial charge in [0.2, 0.25) is 12.7 Å². The molecule has 1 amide bonds. The van der Waals surface area contributed by atoms with E-state index in [0.29, 0.717) is 22.7 Å². The molecular weight excluding hydrogens is 310 g/mol. The number of anilines is 1. The van der Waals surface area contributed by atoms with Crippen molar-refractivity contribution in [2.24, 2.45) is 0 Å². The number of fused-ring (bicyclic) bond motifs is 1. The number of carboxylic acids is 1. The molecule has 0 radical (unpaired) electrons. The van der Waals surface area contributed by atoms with Crippen molar-refractivity contribution in [3.63, 3.8) is 0 Å². The first kappa shape index (κ1) is 15.9. The molecule has 24 heavy (non-hydrogen) atoms. The summed E-state index contributed by atoms with van der Waals surface area (Å²) in [5.41, 5.74) is 2.95. The highest BCUT2D eigenvalue weighted by molar-refractivity contribution is 5.96. The van der Waals surface area contributed by atoms with Crippen molar-refractivity contribution in [2.75, 3.05) is 12.1 Å². The van der Waals surface area contributed by atoms with Crippen molar-refractivity contribution in [1.29, 1.82) is 0 Å². The predicted octanol–water partition coefficient (Wildman–Crippen LogP) is 2.91. The minimum Gasteiger partial charge on any atom is -0.478 e. The summed E-state index contributed by atoms with van der Waals surface area (Å²) in [4.78, 5) is 23.5. The summed E-state index contributed by atoms with van der Waals surface area (Å²) >= 11 is 0. The Labute approximate surface area is 139 Å². The molecule has 2 aromatic rings. The van der Waals surface area contributed by atoms with E-state index < -0.39 is 5.97 Å². The maximum absolute atomic E-state index is 12.3. The van der Waals surface area contributed by atoms with Crippen molar-refractivity contribution in [2.45, 2.75) is 20.3 Å². The van der Waals surface area contributed by atoms with Gasteiger partial charge in [0.05, 0.1) is 12.0 Å². The Morgan fingerprint density at radius 3 is 2.58 bits per heavy atom. The van der Waals surface area contributed by atoms with E-state index in [1.54, 1.807) is 31.2 Å². The van der Waals surface area contributed by atoms with Gasteiger partial charge in [-0.2, -0.15) is 0 Å². The van der Waals surface area contributed by atoms with Gasteiger partial charge in [0, 0.05) is 5.69 Å². The Bertz CT molecular complexity index is 828. The maximum Gasteiger partial charge on any atom is 0.336 e. The maximum atomic E-state index is 12.3. The normalized spacial score (nSPS) is 12.1. The molecule has 1 aliphatic rings. The number of carbonyl (C=O) groups excluding carboxylic acids is 1. The number of rotatable bonds is 4. The summed E-state index contributed by atoms with van der Waals surface area (Å²) in [5.74, 6) is 0.0514. The molecule has 0 bridgehead atoms. The van der Waals surface area contributed by atoms with Crippen LogP contribution >= 0.6 is 0 Å². The van der Waals surface area contributed by atoms with E-state index in [-0.39, 0.29) is 24.7 Å². The number of aryl methyl sites for hydroxylation is 2. The number of hydrogen-bond donors (Lipinski definition) is 2. The molecule has 0 aromatic heterocycles. The minimum atomic E-state index is -1.02. The second kappa shape index (κ2) is 6.23. The number of hydrogen-bond acceptors (Lipinski definition) is 4. The molecule has 2 aromatic carbocycles. The number of nitrogens with one attached hydrogen (secondary N) is 1. The quantitative estimate of drug-likeness (QED) is 0.902. The van der Waals surface area contributed by atoms with E-state index in [1.807, 2.05) is 6.92 Å². The molecule has 1 heterocycles. The molecule has 6 heteroatoms. The number of aromatic carboxylic acids is 1. The fraction of sp³-hybridized carbons (Fsp3) is 0.222. The fourth-order valence-corrected chi connectivity index (χ4v) is 2.65. The largest absolute Gasteiger partial charge is 0.478 e. The van der Waals surface area contributed by atoms with Gasteiger partial charge in [0.25, 0.3) is 0 Å². The van der Waals surface area contributed by atoms with Gasteiger partial charge >= 0.3 is 5.97 Å². The van der Waals surface area contributed by atoms with E-state index in [4.69, 9.17) is 9.47 Å². The Morgan fingerprint density at radius 1 is 1.08 bits per heavy atom. The molecule has 0 fully saturated rings. The summed E-state index contributed by atoms with van der Waals surface area (Å²) in [6, 6.07) is 8.58. The second-order valence-corrected chi connectivity index (χ2v) is 5.70. The SMILES string of the molecule is Cc1cc(C)c(C(=O)O)cc1NC(=O)Cc1ccc2c(c1)OCO2. The van der Waals surface area contributed by atoms with Crippen LogP contribution in [0.25, 0.3) is 0 Å². The number of benzene rings is 2. The average Bonchev–Trinajstić information content (AvgIpc) is 2.97. The van der Waals surface area contributed by atoms with Crippen LogP contribution < -0.4 is 14.8 Å². The van der Waals surface area contributed by atoms with Crippen LogP contribution in [0.2, 0.25) is 0 Å². The Hall–Kier alpha value is -3.02. The molecule has 0 atom stereocenters. The first-order valence-corrected chi connectivity index (χ1v) is 7.47. The Morgan fingerprint density at radius 2 is 1.83 bits per heavy atom. The molecule has 6 nitrogen and oxygen atoms in total. The number of carboxylic acid groups (broad SMARTS) is 1. The molecule has 0 unspecified atom stereocenters. The lowest BCUT2D eigenvalue weighted by Gasteiger charge is -2.11. The third-order valence-corrected chi connectivity index (χ3v) is 3.88. The van der Waals surface area contributed by atoms with Crippen molar-refractivity contribution in [3.8, 4) is 11.5 Å². The first-order valence-electron chi connectivity index (χ1n) is 7.47. The van der Waals surface area contributed by atoms with E-state index in [0.717, 1.165) is 11.1 Å². The highest BCUT2D eigenvalue weighted by atomic mass is 16.7. The average molecular weight is 327 g/mol. The molecule has 1 aliphatic heterocycles. The highest BCUT2D eigenvalue weighted by Crippen LogP contribution is 2.32. The predicted molar refractivity (Wildman–Crippen MR) is 87.8 cm³/mol. The third-order valence-electron chi connectivity index (χ3n) is 3.88. The van der Waals surface area contributed by atoms with Crippen LogP contribution in [0.3, 0.4) is 0 Å². The summed E-state index contributed by atoms with van der Waals surface area (Å²) in [6.45, 7) is 3.75. The summed E-state index contributed by atoms with van der Waals surface area (Å²) in [5, 5.41) is 12.0. The lowest BCUT2D eigenvalue weighted by atomic mass is 10.0. The zero-order valence-corrected chi connectivity index (χ0v) is 13.4. The van der Waals surface area contributed by atoms with Gasteiger partial charge in [0.15, 0.2) is 11.5 Å². The fourth-order valence-electron chi connectivity index (χ4n) is 2.65. The molecule has 3 rings (SSSR count). The van der Waals surface area contributed by atoms with Crippen molar-refractivity contribution < 1.29 is 24.2 Å². The smallest absolute Gasteiger partial charge is 0.336 e. The molecule has 124 valence electrons. The van der Waals surface area contributed by atoms with Gasteiger partial charge in [0.1, 0.15) is 0 Å². The monoisotopic (exact) mass is 327 g/mol. The minimum absolute atomic E-state index is 0.159. The second-order valence-electron chi connectivity index (χ2n) is 5.70. The van der Waals surface area contributed by atoms with Crippen molar-refractivity contribution in [1.82, 2.24) is 0 Å². The van der Waals surface area contributed by atoms with Gasteiger partial charge in [-0.25, -0.2) is 4.79 Å². The molecule has 2 N–H and O–H groups in total. The van der Waals surface area contributed by atoms with Crippen LogP contribution in [0.1, 0.15) is 27.0 Å². The van der Waals surface area contributed by atoms with Crippen molar-refractivity contribution in [3.05, 3.63) is 52.6 Å². The van der Waals surface area contributed by atoms with Gasteiger partial charge in [-0.1, -0.05) is 12.1 Å². The number of amides is 1. The number of carbonyl (C=O) groups is 2. The topological polar surface area (TPSA) is 84.9 Å². The van der Waals surface area contributed by atoms with Crippen LogP contribution in [-0.4, -0.2) is 23.8 Å². The Balaban J connectivity index is 1.75. The zero-order chi connectivity index (χ0) is 17.3. The zero-order valence-electron chi connectivity index (χ0n) is 13.4. The van der Waals surface area contributed by atoms with E-state index >= 15 is 0 Å². The van der Waals surface area contributed by atoms with Crippen LogP contribution in [-0.2, 0) is 11.2 Å². The van der Waals surface area contributed by atoms with Crippen LogP contribution in [0, 0.1) is 13.8 Å². The summed E-state index contributed by atoms with van der Waals surface area (Å²) in [7, 11) is 0. The highest BCUT2D eigenvalue weighted by Gasteiger charge is 2.16. The molecule has 0 spiro atoms. The summed E-state index contributed by atoms with van der Waals surface area (Å²) < 4.78 is 10.5. The molecule has 0 saturated carbocycles. The van der Waals surface area contributed by atoms with Crippen LogP contribution in [0.4, 0.5) is 5.69 Å². The lowest BCUT2D eigenvalue weighted by molar-refractivity contribution is -0.115. The van der Waals surface area contributed by atoms with E-state index in [1.165, 1.54) is 6.07 Å². The first-order chi connectivity index (χ1) is 11.4. The van der Waals surface area contributed by atoms with Gasteiger partial charge in [-0.3, -0.25) is 4.79 Å². The lowest BCUT2D eigenvalue weighted by Crippen LogP contribution is -2.16.